The standard InChI is InChI=1S/2C4H8N2O2.2ClH.Rh/c2*1-3(5-7)4(2)6-8;;;/h2*7-8H,1-2H3;2*1H;/q;;;;+1/p-2. The fourth-order valence-corrected chi connectivity index (χ4v) is 0.289. The Morgan fingerprint density at radius 1 is 0.632 bits per heavy atom. The van der Waals surface area contributed by atoms with Crippen molar-refractivity contribution < 1.29 is 36.0 Å². The number of rotatable bonds is 2. The third-order valence-corrected chi connectivity index (χ3v) is 1.65. The van der Waals surface area contributed by atoms with E-state index in [1.54, 1.807) is 0 Å². The maximum absolute atomic E-state index is 8.03. The topological polar surface area (TPSA) is 130 Å². The second-order valence-electron chi connectivity index (χ2n) is 2.79. The molecule has 19 heavy (non-hydrogen) atoms. The summed E-state index contributed by atoms with van der Waals surface area (Å²) in [6, 6.07) is 0. The molecular formula is C8H16Cl2N4O4Rh-. The van der Waals surface area contributed by atoms with Crippen LogP contribution in [0, 0.1) is 0 Å². The predicted octanol–water partition coefficient (Wildman–Crippen LogP) is 2.75. The van der Waals surface area contributed by atoms with E-state index in [2.05, 4.69) is 20.6 Å². The van der Waals surface area contributed by atoms with Gasteiger partial charge in [-0.3, -0.25) is 0 Å². The van der Waals surface area contributed by atoms with E-state index in [0.29, 0.717) is 22.8 Å². The molecule has 0 saturated carbocycles. The van der Waals surface area contributed by atoms with Crippen LogP contribution in [0.1, 0.15) is 27.7 Å². The fourth-order valence-electron chi connectivity index (χ4n) is 0.289. The Balaban J connectivity index is -0.000000224. The van der Waals surface area contributed by atoms with Crippen LogP contribution in [0.15, 0.2) is 20.6 Å². The minimum atomic E-state index is -0.226. The van der Waals surface area contributed by atoms with Crippen molar-refractivity contribution in [2.45, 2.75) is 27.7 Å². The number of hydrogen-bond donors (Lipinski definition) is 4. The van der Waals surface area contributed by atoms with Crippen LogP contribution < -0.4 is 0 Å². The van der Waals surface area contributed by atoms with Crippen molar-refractivity contribution in [3.05, 3.63) is 0 Å². The molecular weight excluding hydrogens is 390 g/mol. The van der Waals surface area contributed by atoms with Crippen LogP contribution in [-0.2, 0) is 15.1 Å². The zero-order chi connectivity index (χ0) is 15.8. The van der Waals surface area contributed by atoms with Gasteiger partial charge in [-0.1, -0.05) is 20.6 Å². The molecule has 0 aromatic carbocycles. The normalized spacial score (nSPS) is 13.2. The van der Waals surface area contributed by atoms with E-state index in [-0.39, 0.29) is 15.1 Å². The van der Waals surface area contributed by atoms with Crippen LogP contribution in [0.4, 0.5) is 0 Å². The number of oxime groups is 4. The summed E-state index contributed by atoms with van der Waals surface area (Å²) in [6.45, 7) is 6.15. The van der Waals surface area contributed by atoms with Crippen LogP contribution in [0.2, 0.25) is 0 Å². The van der Waals surface area contributed by atoms with Gasteiger partial charge in [-0.15, -0.1) is 0 Å². The average molecular weight is 406 g/mol. The first-order valence-corrected chi connectivity index (χ1v) is 8.67. The minimum absolute atomic E-state index is 0.226. The van der Waals surface area contributed by atoms with Crippen LogP contribution in [0.5, 0.6) is 0 Å². The maximum atomic E-state index is 8.03. The summed E-state index contributed by atoms with van der Waals surface area (Å²) in [6.07, 6.45) is 0. The number of hydrogen-bond acceptors (Lipinski definition) is 8. The first-order valence-electron chi connectivity index (χ1n) is 4.45. The quantitative estimate of drug-likeness (QED) is 0.243. The van der Waals surface area contributed by atoms with Gasteiger partial charge in [0.25, 0.3) is 0 Å². The predicted molar refractivity (Wildman–Crippen MR) is 71.3 cm³/mol. The van der Waals surface area contributed by atoms with E-state index in [1.807, 2.05) is 0 Å². The van der Waals surface area contributed by atoms with Gasteiger partial charge < -0.3 is 20.8 Å². The van der Waals surface area contributed by atoms with Crippen molar-refractivity contribution in [2.24, 2.45) is 20.6 Å². The van der Waals surface area contributed by atoms with Crippen LogP contribution in [0.3, 0.4) is 0 Å². The van der Waals surface area contributed by atoms with Crippen molar-refractivity contribution in [1.29, 1.82) is 0 Å². The molecule has 0 aliphatic carbocycles. The Morgan fingerprint density at radius 2 is 0.737 bits per heavy atom. The first kappa shape index (κ1) is 23.2. The second kappa shape index (κ2) is 17.1. The van der Waals surface area contributed by atoms with E-state index in [4.69, 9.17) is 40.2 Å². The van der Waals surface area contributed by atoms with Crippen molar-refractivity contribution in [1.82, 2.24) is 0 Å². The van der Waals surface area contributed by atoms with Crippen molar-refractivity contribution in [3.63, 3.8) is 0 Å². The van der Waals surface area contributed by atoms with E-state index in [1.165, 1.54) is 27.7 Å². The third-order valence-electron chi connectivity index (χ3n) is 1.65. The molecule has 0 heterocycles. The monoisotopic (exact) mass is 405 g/mol. The van der Waals surface area contributed by atoms with Gasteiger partial charge in [0.1, 0.15) is 22.8 Å². The molecule has 4 N–H and O–H groups in total. The summed E-state index contributed by atoms with van der Waals surface area (Å²) in [7, 11) is 9.67. The zero-order valence-corrected chi connectivity index (χ0v) is 13.8. The molecule has 0 aliphatic rings. The molecule has 116 valence electrons. The van der Waals surface area contributed by atoms with Gasteiger partial charge in [-0.05, 0) is 27.7 Å². The molecule has 0 bridgehead atoms. The summed E-state index contributed by atoms with van der Waals surface area (Å²) in [5, 5.41) is 43.3. The van der Waals surface area contributed by atoms with Gasteiger partial charge in [-0.25, -0.2) is 0 Å². The summed E-state index contributed by atoms with van der Waals surface area (Å²) in [5.41, 5.74) is 1.25. The Hall–Kier alpha value is -0.917. The second-order valence-corrected chi connectivity index (χ2v) is 5.28. The summed E-state index contributed by atoms with van der Waals surface area (Å²) in [5.74, 6) is 0. The number of nitrogens with zero attached hydrogens (tertiary/aromatic N) is 4. The van der Waals surface area contributed by atoms with Crippen molar-refractivity contribution in [2.75, 3.05) is 0 Å². The molecule has 8 nitrogen and oxygen atoms in total. The molecule has 11 heteroatoms. The SMILES string of the molecule is CC(=NO)C(C)=NO.CC(=NO)C(C)=NO.[Cl][Rh-][Cl]. The molecule has 0 amide bonds. The molecule has 0 aromatic heterocycles. The van der Waals surface area contributed by atoms with Crippen LogP contribution in [0.25, 0.3) is 0 Å². The summed E-state index contributed by atoms with van der Waals surface area (Å²) in [4.78, 5) is 0. The van der Waals surface area contributed by atoms with Gasteiger partial charge in [0.05, 0.1) is 0 Å². The fraction of sp³-hybridized carbons (Fsp3) is 0.500. The van der Waals surface area contributed by atoms with Gasteiger partial charge in [0, 0.05) is 0 Å². The Labute approximate surface area is 126 Å². The molecule has 0 unspecified atom stereocenters. The molecule has 0 atom stereocenters. The molecule has 0 aromatic rings. The molecule has 0 rings (SSSR count). The zero-order valence-electron chi connectivity index (χ0n) is 10.7. The van der Waals surface area contributed by atoms with E-state index in [9.17, 15) is 0 Å². The van der Waals surface area contributed by atoms with Gasteiger partial charge in [-0.2, -0.15) is 0 Å². The molecule has 0 fully saturated rings. The Kier molecular flexibility index (Phi) is 20.9. The summed E-state index contributed by atoms with van der Waals surface area (Å²) < 4.78 is 0. The number of halogens is 2. The van der Waals surface area contributed by atoms with Gasteiger partial charge in [0.2, 0.25) is 0 Å². The van der Waals surface area contributed by atoms with Gasteiger partial charge >= 0.3 is 34.5 Å². The molecule has 0 radical (unpaired) electrons. The van der Waals surface area contributed by atoms with Crippen molar-refractivity contribution >= 4 is 42.2 Å². The van der Waals surface area contributed by atoms with E-state index >= 15 is 0 Å². The van der Waals surface area contributed by atoms with Crippen LogP contribution in [-0.4, -0.2) is 43.7 Å². The summed E-state index contributed by atoms with van der Waals surface area (Å²) >= 11 is -0.226. The molecule has 0 spiro atoms. The van der Waals surface area contributed by atoms with Crippen molar-refractivity contribution in [3.8, 4) is 0 Å². The van der Waals surface area contributed by atoms with Crippen LogP contribution >= 0.6 is 19.4 Å². The third kappa shape index (κ3) is 17.1. The Bertz CT molecular complexity index is 284. The molecule has 0 saturated heterocycles. The van der Waals surface area contributed by atoms with E-state index < -0.39 is 0 Å². The Morgan fingerprint density at radius 3 is 0.789 bits per heavy atom. The first-order chi connectivity index (χ1) is 8.85. The average Bonchev–Trinajstić information content (AvgIpc) is 2.45. The van der Waals surface area contributed by atoms with Gasteiger partial charge in [0.15, 0.2) is 0 Å². The molecule has 0 aliphatic heterocycles. The van der Waals surface area contributed by atoms with E-state index in [0.717, 1.165) is 0 Å².